The minimum Gasteiger partial charge on any atom is -0.491 e. The molecule has 0 heterocycles. The highest BCUT2D eigenvalue weighted by molar-refractivity contribution is 6.17. The third-order valence-corrected chi connectivity index (χ3v) is 2.01. The Hall–Kier alpha value is -1.01. The predicted molar refractivity (Wildman–Crippen MR) is 53.5 cm³/mol. The normalized spacial score (nSPS) is 11.6. The van der Waals surface area contributed by atoms with Gasteiger partial charge >= 0.3 is 6.36 Å². The number of halogens is 5. The van der Waals surface area contributed by atoms with Crippen LogP contribution in [0.2, 0.25) is 0 Å². The molecule has 0 aliphatic carbocycles. The summed E-state index contributed by atoms with van der Waals surface area (Å²) in [6.07, 6.45) is -4.69. The maximum Gasteiger partial charge on any atom is 0.522 e. The highest BCUT2D eigenvalue weighted by Gasteiger charge is 2.28. The van der Waals surface area contributed by atoms with Gasteiger partial charge in [-0.2, -0.15) is 0 Å². The van der Waals surface area contributed by atoms with Crippen molar-refractivity contribution in [2.75, 3.05) is 13.2 Å². The quantitative estimate of drug-likeness (QED) is 0.464. The van der Waals surface area contributed by atoms with Gasteiger partial charge in [-0.25, -0.2) is 4.39 Å². The lowest BCUT2D eigenvalue weighted by Gasteiger charge is -2.09. The largest absolute Gasteiger partial charge is 0.522 e. The Kier molecular flexibility index (Phi) is 5.02. The van der Waals surface area contributed by atoms with Gasteiger partial charge in [0, 0.05) is 11.9 Å². The number of alkyl halides is 4. The second-order valence-corrected chi connectivity index (χ2v) is 3.34. The van der Waals surface area contributed by atoms with Crippen LogP contribution in [0.3, 0.4) is 0 Å². The predicted octanol–water partition coefficient (Wildman–Crippen LogP) is 3.48. The van der Waals surface area contributed by atoms with Crippen LogP contribution in [0.4, 0.5) is 17.6 Å². The Bertz CT molecular complexity index is 368. The molecular weight excluding hydrogens is 264 g/mol. The van der Waals surface area contributed by atoms with Gasteiger partial charge in [0.05, 0.1) is 6.61 Å². The standard InChI is InChI=1S/C10H9ClF4O2/c11-6-7-3-8(12)5-9(4-7)16-1-2-17-10(13,14)15/h3-5H,1-2,6H2. The Morgan fingerprint density at radius 3 is 2.41 bits per heavy atom. The summed E-state index contributed by atoms with van der Waals surface area (Å²) < 4.78 is 56.2. The minimum absolute atomic E-state index is 0.0904. The molecule has 0 aliphatic rings. The van der Waals surface area contributed by atoms with Gasteiger partial charge in [0.2, 0.25) is 0 Å². The second kappa shape index (κ2) is 6.07. The summed E-state index contributed by atoms with van der Waals surface area (Å²) in [4.78, 5) is 0. The van der Waals surface area contributed by atoms with E-state index in [-0.39, 0.29) is 18.2 Å². The van der Waals surface area contributed by atoms with E-state index in [1.165, 1.54) is 12.1 Å². The number of ether oxygens (including phenoxy) is 2. The first kappa shape index (κ1) is 14.1. The molecule has 7 heteroatoms. The summed E-state index contributed by atoms with van der Waals surface area (Å²) in [6.45, 7) is -0.985. The van der Waals surface area contributed by atoms with E-state index in [4.69, 9.17) is 16.3 Å². The third kappa shape index (κ3) is 5.74. The molecule has 1 aromatic rings. The molecular formula is C10H9ClF4O2. The van der Waals surface area contributed by atoms with E-state index >= 15 is 0 Å². The molecule has 0 saturated carbocycles. The first-order valence-electron chi connectivity index (χ1n) is 4.59. The fourth-order valence-corrected chi connectivity index (χ4v) is 1.25. The molecule has 0 unspecified atom stereocenters. The lowest BCUT2D eigenvalue weighted by Crippen LogP contribution is -2.18. The van der Waals surface area contributed by atoms with E-state index in [0.29, 0.717) is 5.56 Å². The maximum absolute atomic E-state index is 13.0. The smallest absolute Gasteiger partial charge is 0.491 e. The van der Waals surface area contributed by atoms with Gasteiger partial charge in [0.25, 0.3) is 0 Å². The molecule has 0 bridgehead atoms. The molecule has 1 aromatic carbocycles. The van der Waals surface area contributed by atoms with E-state index in [1.807, 2.05) is 0 Å². The van der Waals surface area contributed by atoms with Crippen LogP contribution in [-0.4, -0.2) is 19.6 Å². The van der Waals surface area contributed by atoms with Crippen LogP contribution in [0, 0.1) is 5.82 Å². The van der Waals surface area contributed by atoms with Crippen molar-refractivity contribution in [1.29, 1.82) is 0 Å². The molecule has 0 radical (unpaired) electrons. The van der Waals surface area contributed by atoms with Crippen LogP contribution in [-0.2, 0) is 10.6 Å². The topological polar surface area (TPSA) is 18.5 Å². The Labute approximate surface area is 100 Å². The highest BCUT2D eigenvalue weighted by Crippen LogP contribution is 2.19. The number of benzene rings is 1. The Morgan fingerprint density at radius 2 is 1.82 bits per heavy atom. The monoisotopic (exact) mass is 272 g/mol. The van der Waals surface area contributed by atoms with Crippen molar-refractivity contribution in [3.8, 4) is 5.75 Å². The molecule has 0 aliphatic heterocycles. The zero-order chi connectivity index (χ0) is 12.9. The lowest BCUT2D eigenvalue weighted by molar-refractivity contribution is -0.325. The van der Waals surface area contributed by atoms with E-state index in [1.54, 1.807) is 0 Å². The lowest BCUT2D eigenvalue weighted by atomic mass is 10.2. The van der Waals surface area contributed by atoms with Crippen molar-refractivity contribution in [3.05, 3.63) is 29.6 Å². The first-order chi connectivity index (χ1) is 7.90. The van der Waals surface area contributed by atoms with Crippen molar-refractivity contribution in [3.63, 3.8) is 0 Å². The number of hydrogen-bond donors (Lipinski definition) is 0. The van der Waals surface area contributed by atoms with Crippen LogP contribution < -0.4 is 4.74 Å². The van der Waals surface area contributed by atoms with Gasteiger partial charge in [-0.3, -0.25) is 4.74 Å². The molecule has 0 saturated heterocycles. The summed E-state index contributed by atoms with van der Waals surface area (Å²) in [5.41, 5.74) is 0.485. The van der Waals surface area contributed by atoms with Gasteiger partial charge in [-0.1, -0.05) is 0 Å². The number of rotatable bonds is 5. The van der Waals surface area contributed by atoms with E-state index in [0.717, 1.165) is 6.07 Å². The van der Waals surface area contributed by atoms with Crippen molar-refractivity contribution in [2.45, 2.75) is 12.2 Å². The fraction of sp³-hybridized carbons (Fsp3) is 0.400. The molecule has 0 atom stereocenters. The maximum atomic E-state index is 13.0. The van der Waals surface area contributed by atoms with Crippen LogP contribution >= 0.6 is 11.6 Å². The van der Waals surface area contributed by atoms with Crippen LogP contribution in [0.5, 0.6) is 5.75 Å². The fourth-order valence-electron chi connectivity index (χ4n) is 1.10. The van der Waals surface area contributed by atoms with Crippen molar-refractivity contribution >= 4 is 11.6 Å². The van der Waals surface area contributed by atoms with Crippen LogP contribution in [0.25, 0.3) is 0 Å². The first-order valence-corrected chi connectivity index (χ1v) is 5.13. The Morgan fingerprint density at radius 1 is 1.12 bits per heavy atom. The van der Waals surface area contributed by atoms with Crippen LogP contribution in [0.1, 0.15) is 5.56 Å². The second-order valence-electron chi connectivity index (χ2n) is 3.07. The average Bonchev–Trinajstić information content (AvgIpc) is 2.22. The van der Waals surface area contributed by atoms with Crippen molar-refractivity contribution in [1.82, 2.24) is 0 Å². The van der Waals surface area contributed by atoms with Gasteiger partial charge in [0.15, 0.2) is 0 Å². The molecule has 17 heavy (non-hydrogen) atoms. The zero-order valence-corrected chi connectivity index (χ0v) is 9.32. The summed E-state index contributed by atoms with van der Waals surface area (Å²) >= 11 is 5.50. The van der Waals surface area contributed by atoms with Gasteiger partial charge in [-0.05, 0) is 17.7 Å². The molecule has 1 rings (SSSR count). The van der Waals surface area contributed by atoms with E-state index < -0.39 is 18.8 Å². The third-order valence-electron chi connectivity index (χ3n) is 1.70. The SMILES string of the molecule is Fc1cc(CCl)cc(OCCOC(F)(F)F)c1. The summed E-state index contributed by atoms with van der Waals surface area (Å²) in [6, 6.07) is 3.72. The molecule has 0 N–H and O–H groups in total. The minimum atomic E-state index is -4.69. The molecule has 0 amide bonds. The summed E-state index contributed by atoms with van der Waals surface area (Å²) in [5.74, 6) is -0.353. The van der Waals surface area contributed by atoms with Crippen LogP contribution in [0.15, 0.2) is 18.2 Å². The van der Waals surface area contributed by atoms with Gasteiger partial charge in [-0.15, -0.1) is 24.8 Å². The number of hydrogen-bond acceptors (Lipinski definition) is 2. The van der Waals surface area contributed by atoms with Gasteiger partial charge < -0.3 is 4.74 Å². The van der Waals surface area contributed by atoms with E-state index in [9.17, 15) is 17.6 Å². The summed E-state index contributed by atoms with van der Waals surface area (Å²) in [7, 11) is 0. The molecule has 0 fully saturated rings. The summed E-state index contributed by atoms with van der Waals surface area (Å²) in [5, 5.41) is 0. The molecule has 2 nitrogen and oxygen atoms in total. The van der Waals surface area contributed by atoms with Gasteiger partial charge in [0.1, 0.15) is 18.2 Å². The molecule has 0 spiro atoms. The zero-order valence-electron chi connectivity index (χ0n) is 8.56. The molecule has 96 valence electrons. The van der Waals surface area contributed by atoms with E-state index in [2.05, 4.69) is 4.74 Å². The Balaban J connectivity index is 2.44. The highest BCUT2D eigenvalue weighted by atomic mass is 35.5. The van der Waals surface area contributed by atoms with Crippen molar-refractivity contribution < 1.29 is 27.0 Å². The molecule has 0 aromatic heterocycles. The van der Waals surface area contributed by atoms with Crippen molar-refractivity contribution in [2.24, 2.45) is 0 Å². The average molecular weight is 273 g/mol.